The largest absolute Gasteiger partial charge is 0.497 e. The molecule has 3 rings (SSSR count). The molecule has 10 heteroatoms. The van der Waals surface area contributed by atoms with Crippen LogP contribution in [0, 0.1) is 0 Å². The van der Waals surface area contributed by atoms with Crippen LogP contribution in [-0.4, -0.2) is 98.1 Å². The van der Waals surface area contributed by atoms with Gasteiger partial charge >= 0.3 is 6.03 Å². The molecule has 0 unspecified atom stereocenters. The number of aromatic nitrogens is 2. The number of carbonyl (C=O) groups excluding carboxylic acids is 2. The molecule has 1 saturated heterocycles. The summed E-state index contributed by atoms with van der Waals surface area (Å²) >= 11 is 0. The van der Waals surface area contributed by atoms with Gasteiger partial charge in [-0.1, -0.05) is 12.1 Å². The molecule has 3 amide bonds. The van der Waals surface area contributed by atoms with Crippen molar-refractivity contribution < 1.29 is 19.1 Å². The number of methoxy groups -OCH3 is 2. The van der Waals surface area contributed by atoms with Crippen LogP contribution < -0.4 is 15.0 Å². The van der Waals surface area contributed by atoms with Crippen molar-refractivity contribution in [2.24, 2.45) is 0 Å². The fourth-order valence-electron chi connectivity index (χ4n) is 3.67. The average Bonchev–Trinajstić information content (AvgIpc) is 2.86. The average molecular weight is 471 g/mol. The van der Waals surface area contributed by atoms with E-state index >= 15 is 0 Å². The van der Waals surface area contributed by atoms with Crippen LogP contribution in [0.3, 0.4) is 0 Å². The molecule has 1 aromatic carbocycles. The van der Waals surface area contributed by atoms with Crippen LogP contribution in [0.15, 0.2) is 36.4 Å². The van der Waals surface area contributed by atoms with Gasteiger partial charge in [-0.2, -0.15) is 0 Å². The van der Waals surface area contributed by atoms with Gasteiger partial charge in [-0.05, 0) is 38.1 Å². The summed E-state index contributed by atoms with van der Waals surface area (Å²) < 4.78 is 10.4. The number of carbonyl (C=O) groups is 2. The van der Waals surface area contributed by atoms with Crippen LogP contribution in [-0.2, 0) is 9.53 Å². The lowest BCUT2D eigenvalue weighted by Crippen LogP contribution is -2.53. The Balaban J connectivity index is 1.55. The van der Waals surface area contributed by atoms with Gasteiger partial charge in [0, 0.05) is 51.4 Å². The first-order chi connectivity index (χ1) is 16.4. The number of hydrogen-bond acceptors (Lipinski definition) is 7. The summed E-state index contributed by atoms with van der Waals surface area (Å²) in [5.74, 6) is 1.47. The zero-order valence-electron chi connectivity index (χ0n) is 20.4. The van der Waals surface area contributed by atoms with Crippen molar-refractivity contribution in [3.8, 4) is 17.0 Å². The summed E-state index contributed by atoms with van der Waals surface area (Å²) in [6.45, 7) is 6.94. The molecule has 2 heterocycles. The second-order valence-corrected chi connectivity index (χ2v) is 8.40. The van der Waals surface area contributed by atoms with Gasteiger partial charge in [-0.3, -0.25) is 4.79 Å². The quantitative estimate of drug-likeness (QED) is 0.597. The molecular weight excluding hydrogens is 436 g/mol. The molecule has 1 fully saturated rings. The smallest absolute Gasteiger partial charge is 0.318 e. The third-order valence-electron chi connectivity index (χ3n) is 5.56. The van der Waals surface area contributed by atoms with Crippen LogP contribution in [0.5, 0.6) is 5.75 Å². The molecule has 0 bridgehead atoms. The second kappa shape index (κ2) is 12.2. The number of piperazine rings is 1. The maximum Gasteiger partial charge on any atom is 0.318 e. The van der Waals surface area contributed by atoms with Gasteiger partial charge < -0.3 is 29.5 Å². The number of rotatable bonds is 9. The zero-order valence-corrected chi connectivity index (χ0v) is 20.4. The predicted octanol–water partition coefficient (Wildman–Crippen LogP) is 1.87. The molecule has 1 aliphatic heterocycles. The number of urea groups is 1. The molecule has 2 aromatic rings. The van der Waals surface area contributed by atoms with E-state index in [0.717, 1.165) is 22.8 Å². The van der Waals surface area contributed by atoms with Gasteiger partial charge in [0.1, 0.15) is 12.3 Å². The number of benzene rings is 1. The third kappa shape index (κ3) is 6.80. The maximum atomic E-state index is 12.9. The van der Waals surface area contributed by atoms with Gasteiger partial charge in [-0.15, -0.1) is 10.2 Å². The summed E-state index contributed by atoms with van der Waals surface area (Å²) in [6.07, 6.45) is 0. The first kappa shape index (κ1) is 25.2. The standard InChI is InChI=1S/C24H34N6O4/c1-18(2)25-24(32)30(14-15-33-3)17-23(31)29-12-10-28(11-13-29)22-9-8-21(26-27-22)19-6-5-7-20(16-19)34-4/h5-9,16,18H,10-15,17H2,1-4H3,(H,25,32). The summed E-state index contributed by atoms with van der Waals surface area (Å²) in [7, 11) is 3.21. The highest BCUT2D eigenvalue weighted by Crippen LogP contribution is 2.23. The van der Waals surface area contributed by atoms with Crippen molar-refractivity contribution in [2.45, 2.75) is 19.9 Å². The monoisotopic (exact) mass is 470 g/mol. The first-order valence-corrected chi connectivity index (χ1v) is 11.5. The van der Waals surface area contributed by atoms with Crippen molar-refractivity contribution in [1.82, 2.24) is 25.3 Å². The molecule has 1 aliphatic rings. The first-order valence-electron chi connectivity index (χ1n) is 11.5. The van der Waals surface area contributed by atoms with Crippen LogP contribution in [0.4, 0.5) is 10.6 Å². The van der Waals surface area contributed by atoms with Gasteiger partial charge in [0.15, 0.2) is 5.82 Å². The lowest BCUT2D eigenvalue weighted by atomic mass is 10.1. The predicted molar refractivity (Wildman–Crippen MR) is 130 cm³/mol. The summed E-state index contributed by atoms with van der Waals surface area (Å²) in [5, 5.41) is 11.6. The molecule has 184 valence electrons. The fraction of sp³-hybridized carbons (Fsp3) is 0.500. The molecule has 0 atom stereocenters. The number of nitrogens with zero attached hydrogens (tertiary/aromatic N) is 5. The molecule has 10 nitrogen and oxygen atoms in total. The Kier molecular flexibility index (Phi) is 9.03. The molecule has 0 spiro atoms. The molecule has 34 heavy (non-hydrogen) atoms. The Morgan fingerprint density at radius 1 is 1.09 bits per heavy atom. The molecule has 1 N–H and O–H groups in total. The van der Waals surface area contributed by atoms with E-state index in [0.29, 0.717) is 39.3 Å². The lowest BCUT2D eigenvalue weighted by Gasteiger charge is -2.36. The topological polar surface area (TPSA) is 100 Å². The van der Waals surface area contributed by atoms with Gasteiger partial charge in [-0.25, -0.2) is 4.79 Å². The van der Waals surface area contributed by atoms with Crippen molar-refractivity contribution in [3.63, 3.8) is 0 Å². The number of nitrogens with one attached hydrogen (secondary N) is 1. The Labute approximate surface area is 200 Å². The van der Waals surface area contributed by atoms with E-state index in [2.05, 4.69) is 20.4 Å². The van der Waals surface area contributed by atoms with Gasteiger partial charge in [0.2, 0.25) is 5.91 Å². The van der Waals surface area contributed by atoms with Crippen LogP contribution >= 0.6 is 0 Å². The van der Waals surface area contributed by atoms with E-state index in [1.165, 1.54) is 4.90 Å². The minimum Gasteiger partial charge on any atom is -0.497 e. The molecule has 1 aromatic heterocycles. The van der Waals surface area contributed by atoms with Gasteiger partial charge in [0.05, 0.1) is 19.4 Å². The second-order valence-electron chi connectivity index (χ2n) is 8.40. The van der Waals surface area contributed by atoms with E-state index in [9.17, 15) is 9.59 Å². The Bertz CT molecular complexity index is 945. The Morgan fingerprint density at radius 3 is 2.47 bits per heavy atom. The van der Waals surface area contributed by atoms with E-state index < -0.39 is 0 Å². The van der Waals surface area contributed by atoms with E-state index in [-0.39, 0.29) is 24.5 Å². The Morgan fingerprint density at radius 2 is 1.85 bits per heavy atom. The highest BCUT2D eigenvalue weighted by Gasteiger charge is 2.25. The number of hydrogen-bond donors (Lipinski definition) is 1. The third-order valence-corrected chi connectivity index (χ3v) is 5.56. The van der Waals surface area contributed by atoms with Gasteiger partial charge in [0.25, 0.3) is 0 Å². The summed E-state index contributed by atoms with van der Waals surface area (Å²) in [6, 6.07) is 11.3. The molecular formula is C24H34N6O4. The van der Waals surface area contributed by atoms with Crippen molar-refractivity contribution in [2.75, 3.05) is 65.0 Å². The number of ether oxygens (including phenoxy) is 2. The normalized spacial score (nSPS) is 13.7. The summed E-state index contributed by atoms with van der Waals surface area (Å²) in [4.78, 5) is 30.7. The van der Waals surface area contributed by atoms with E-state index in [4.69, 9.17) is 9.47 Å². The SMILES string of the molecule is COCCN(CC(=O)N1CCN(c2ccc(-c3cccc(OC)c3)nn2)CC1)C(=O)NC(C)C. The van der Waals surface area contributed by atoms with Crippen molar-refractivity contribution in [3.05, 3.63) is 36.4 Å². The van der Waals surface area contributed by atoms with E-state index in [1.807, 2.05) is 50.2 Å². The highest BCUT2D eigenvalue weighted by molar-refractivity contribution is 5.84. The van der Waals surface area contributed by atoms with Crippen LogP contribution in [0.1, 0.15) is 13.8 Å². The Hall–Kier alpha value is -3.40. The van der Waals surface area contributed by atoms with Crippen LogP contribution in [0.25, 0.3) is 11.3 Å². The lowest BCUT2D eigenvalue weighted by molar-refractivity contribution is -0.132. The van der Waals surface area contributed by atoms with Crippen molar-refractivity contribution >= 4 is 17.8 Å². The van der Waals surface area contributed by atoms with Crippen LogP contribution in [0.2, 0.25) is 0 Å². The molecule has 0 radical (unpaired) electrons. The van der Waals surface area contributed by atoms with Crippen molar-refractivity contribution in [1.29, 1.82) is 0 Å². The maximum absolute atomic E-state index is 12.9. The molecule has 0 aliphatic carbocycles. The van der Waals surface area contributed by atoms with E-state index in [1.54, 1.807) is 19.1 Å². The fourth-order valence-corrected chi connectivity index (χ4v) is 3.67. The number of amides is 3. The number of anilines is 1. The molecule has 0 saturated carbocycles. The minimum atomic E-state index is -0.259. The highest BCUT2D eigenvalue weighted by atomic mass is 16.5. The minimum absolute atomic E-state index is 0.00684. The summed E-state index contributed by atoms with van der Waals surface area (Å²) in [5.41, 5.74) is 1.71. The zero-order chi connectivity index (χ0) is 24.5.